The van der Waals surface area contributed by atoms with E-state index in [1.165, 1.54) is 0 Å². The van der Waals surface area contributed by atoms with Gasteiger partial charge in [-0.2, -0.15) is 0 Å². The first-order valence-corrected chi connectivity index (χ1v) is 7.23. The van der Waals surface area contributed by atoms with Crippen molar-refractivity contribution in [2.75, 3.05) is 39.3 Å². The number of furan rings is 1. The number of carbonyl (C=O) groups is 1. The molecule has 1 amide bonds. The Morgan fingerprint density at radius 2 is 1.90 bits per heavy atom. The van der Waals surface area contributed by atoms with Crippen LogP contribution in [0.2, 0.25) is 0 Å². The lowest BCUT2D eigenvalue weighted by Gasteiger charge is -2.21. The Kier molecular flexibility index (Phi) is 4.83. The van der Waals surface area contributed by atoms with Crippen molar-refractivity contribution >= 4 is 5.91 Å². The van der Waals surface area contributed by atoms with Crippen molar-refractivity contribution in [3.05, 3.63) is 22.6 Å². The third-order valence-corrected chi connectivity index (χ3v) is 4.07. The molecule has 1 aromatic heterocycles. The fourth-order valence-corrected chi connectivity index (χ4v) is 2.81. The molecule has 20 heavy (non-hydrogen) atoms. The third kappa shape index (κ3) is 3.04. The van der Waals surface area contributed by atoms with Crippen LogP contribution in [0.15, 0.2) is 4.42 Å². The number of hydrogen-bond acceptors (Lipinski definition) is 4. The van der Waals surface area contributed by atoms with E-state index < -0.39 is 0 Å². The van der Waals surface area contributed by atoms with Crippen molar-refractivity contribution in [1.82, 2.24) is 9.80 Å². The molecule has 1 aliphatic rings. The second-order valence-corrected chi connectivity index (χ2v) is 5.43. The van der Waals surface area contributed by atoms with E-state index in [1.807, 2.05) is 25.7 Å². The molecule has 0 spiro atoms. The lowest BCUT2D eigenvalue weighted by molar-refractivity contribution is 0.0758. The number of hydrogen-bond donors (Lipinski definition) is 1. The van der Waals surface area contributed by atoms with Crippen LogP contribution in [0.1, 0.15) is 33.9 Å². The van der Waals surface area contributed by atoms with Gasteiger partial charge in [0.15, 0.2) is 0 Å². The van der Waals surface area contributed by atoms with Crippen LogP contribution in [0.4, 0.5) is 0 Å². The van der Waals surface area contributed by atoms with Gasteiger partial charge in [-0.1, -0.05) is 0 Å². The van der Waals surface area contributed by atoms with Gasteiger partial charge in [0.25, 0.3) is 5.91 Å². The molecule has 2 heterocycles. The summed E-state index contributed by atoms with van der Waals surface area (Å²) in [6, 6.07) is 0. The van der Waals surface area contributed by atoms with Crippen LogP contribution in [0.5, 0.6) is 0 Å². The van der Waals surface area contributed by atoms with E-state index in [0.717, 1.165) is 42.9 Å². The fourth-order valence-electron chi connectivity index (χ4n) is 2.81. The van der Waals surface area contributed by atoms with Gasteiger partial charge < -0.3 is 14.4 Å². The van der Waals surface area contributed by atoms with Gasteiger partial charge in [-0.25, -0.2) is 0 Å². The van der Waals surface area contributed by atoms with E-state index in [1.54, 1.807) is 0 Å². The first kappa shape index (κ1) is 15.1. The molecular formula is C15H24N2O3. The zero-order chi connectivity index (χ0) is 14.7. The molecule has 0 radical (unpaired) electrons. The largest absolute Gasteiger partial charge is 0.466 e. The number of β-amino-alcohol motifs (C(OH)–C–C–N with tert-alkyl or cyclic N) is 1. The van der Waals surface area contributed by atoms with Crippen molar-refractivity contribution in [3.63, 3.8) is 0 Å². The van der Waals surface area contributed by atoms with E-state index in [9.17, 15) is 4.79 Å². The quantitative estimate of drug-likeness (QED) is 0.908. The van der Waals surface area contributed by atoms with Gasteiger partial charge in [0, 0.05) is 31.7 Å². The zero-order valence-corrected chi connectivity index (χ0v) is 12.6. The summed E-state index contributed by atoms with van der Waals surface area (Å²) < 4.78 is 5.56. The molecule has 2 rings (SSSR count). The van der Waals surface area contributed by atoms with E-state index in [-0.39, 0.29) is 12.5 Å². The van der Waals surface area contributed by atoms with Crippen molar-refractivity contribution in [2.24, 2.45) is 0 Å². The zero-order valence-electron chi connectivity index (χ0n) is 12.6. The predicted molar refractivity (Wildman–Crippen MR) is 77.0 cm³/mol. The molecule has 5 heteroatoms. The second-order valence-electron chi connectivity index (χ2n) is 5.43. The third-order valence-electron chi connectivity index (χ3n) is 4.07. The van der Waals surface area contributed by atoms with Gasteiger partial charge in [-0.15, -0.1) is 0 Å². The topological polar surface area (TPSA) is 56.9 Å². The summed E-state index contributed by atoms with van der Waals surface area (Å²) in [5.74, 6) is 1.60. The predicted octanol–water partition coefficient (Wildman–Crippen LogP) is 1.35. The van der Waals surface area contributed by atoms with Crippen LogP contribution in [0.25, 0.3) is 0 Å². The molecule has 0 saturated carbocycles. The molecule has 1 aromatic rings. The molecule has 112 valence electrons. The summed E-state index contributed by atoms with van der Waals surface area (Å²) in [6.07, 6.45) is 0.945. The van der Waals surface area contributed by atoms with Crippen molar-refractivity contribution in [2.45, 2.75) is 27.2 Å². The summed E-state index contributed by atoms with van der Waals surface area (Å²) in [4.78, 5) is 16.8. The van der Waals surface area contributed by atoms with Crippen LogP contribution < -0.4 is 0 Å². The number of amides is 1. The highest BCUT2D eigenvalue weighted by Crippen LogP contribution is 2.22. The van der Waals surface area contributed by atoms with Crippen LogP contribution >= 0.6 is 0 Å². The first-order valence-electron chi connectivity index (χ1n) is 7.23. The number of aryl methyl sites for hydroxylation is 2. The van der Waals surface area contributed by atoms with Crippen LogP contribution in [-0.2, 0) is 0 Å². The molecule has 1 fully saturated rings. The average molecular weight is 280 g/mol. The Balaban J connectivity index is 2.09. The standard InChI is InChI=1S/C15H24N2O3/c1-11-12(2)20-13(3)14(11)15(19)17-6-4-5-16(7-8-17)9-10-18/h18H,4-10H2,1-3H3. The number of nitrogens with zero attached hydrogens (tertiary/aromatic N) is 2. The van der Waals surface area contributed by atoms with Gasteiger partial charge in [-0.05, 0) is 33.7 Å². The molecule has 1 N–H and O–H groups in total. The molecule has 0 atom stereocenters. The highest BCUT2D eigenvalue weighted by atomic mass is 16.3. The molecule has 5 nitrogen and oxygen atoms in total. The molecule has 1 saturated heterocycles. The summed E-state index contributed by atoms with van der Waals surface area (Å²) in [5.41, 5.74) is 1.67. The molecule has 0 unspecified atom stereocenters. The Hall–Kier alpha value is -1.33. The lowest BCUT2D eigenvalue weighted by atomic mass is 10.1. The molecule has 1 aliphatic heterocycles. The highest BCUT2D eigenvalue weighted by Gasteiger charge is 2.25. The summed E-state index contributed by atoms with van der Waals surface area (Å²) in [6.45, 7) is 9.78. The van der Waals surface area contributed by atoms with Gasteiger partial charge in [0.1, 0.15) is 11.5 Å². The molecule has 0 bridgehead atoms. The van der Waals surface area contributed by atoms with Crippen molar-refractivity contribution in [3.8, 4) is 0 Å². The summed E-state index contributed by atoms with van der Waals surface area (Å²) in [5, 5.41) is 9.00. The minimum atomic E-state index is 0.0719. The number of rotatable bonds is 3. The number of aliphatic hydroxyl groups excluding tert-OH is 1. The van der Waals surface area contributed by atoms with Crippen LogP contribution in [-0.4, -0.2) is 60.1 Å². The van der Waals surface area contributed by atoms with E-state index >= 15 is 0 Å². The second kappa shape index (κ2) is 6.41. The Morgan fingerprint density at radius 3 is 2.50 bits per heavy atom. The average Bonchev–Trinajstić information content (AvgIpc) is 2.59. The van der Waals surface area contributed by atoms with Crippen LogP contribution in [0, 0.1) is 20.8 Å². The Labute approximate surface area is 120 Å². The maximum Gasteiger partial charge on any atom is 0.257 e. The van der Waals surface area contributed by atoms with E-state index in [0.29, 0.717) is 18.8 Å². The maximum absolute atomic E-state index is 12.7. The van der Waals surface area contributed by atoms with Gasteiger partial charge in [0.05, 0.1) is 12.2 Å². The van der Waals surface area contributed by atoms with Crippen molar-refractivity contribution < 1.29 is 14.3 Å². The normalized spacial score (nSPS) is 17.3. The SMILES string of the molecule is Cc1oc(C)c(C(=O)N2CCCN(CCO)CC2)c1C. The minimum absolute atomic E-state index is 0.0719. The monoisotopic (exact) mass is 280 g/mol. The van der Waals surface area contributed by atoms with E-state index in [2.05, 4.69) is 4.90 Å². The van der Waals surface area contributed by atoms with Gasteiger partial charge in [-0.3, -0.25) is 9.69 Å². The first-order chi connectivity index (χ1) is 9.54. The summed E-state index contributed by atoms with van der Waals surface area (Å²) in [7, 11) is 0. The smallest absolute Gasteiger partial charge is 0.257 e. The number of carbonyl (C=O) groups excluding carboxylic acids is 1. The van der Waals surface area contributed by atoms with Gasteiger partial charge in [0.2, 0.25) is 0 Å². The van der Waals surface area contributed by atoms with Crippen molar-refractivity contribution in [1.29, 1.82) is 0 Å². The molecular weight excluding hydrogens is 256 g/mol. The maximum atomic E-state index is 12.7. The Morgan fingerprint density at radius 1 is 1.15 bits per heavy atom. The summed E-state index contributed by atoms with van der Waals surface area (Å²) >= 11 is 0. The molecule has 0 aliphatic carbocycles. The lowest BCUT2D eigenvalue weighted by Crippen LogP contribution is -2.36. The highest BCUT2D eigenvalue weighted by molar-refractivity contribution is 5.96. The fraction of sp³-hybridized carbons (Fsp3) is 0.667. The Bertz CT molecular complexity index is 482. The molecule has 0 aromatic carbocycles. The van der Waals surface area contributed by atoms with E-state index in [4.69, 9.17) is 9.52 Å². The number of aliphatic hydroxyl groups is 1. The minimum Gasteiger partial charge on any atom is -0.466 e. The van der Waals surface area contributed by atoms with Crippen LogP contribution in [0.3, 0.4) is 0 Å². The van der Waals surface area contributed by atoms with Gasteiger partial charge >= 0.3 is 0 Å².